The fraction of sp³-hybridized carbons (Fsp3) is 0.250. The maximum absolute atomic E-state index is 6.07. The molecule has 1 atom stereocenters. The van der Waals surface area contributed by atoms with Gasteiger partial charge in [0.1, 0.15) is 0 Å². The molecule has 1 aliphatic rings. The SMILES string of the molecule is CC(c1noc(-c2cccc(Cl)c2)n1)N1CCCn2c(-c3ccncc3)nnc21. The van der Waals surface area contributed by atoms with E-state index in [4.69, 9.17) is 16.1 Å². The lowest BCUT2D eigenvalue weighted by molar-refractivity contribution is 0.411. The highest BCUT2D eigenvalue weighted by Gasteiger charge is 2.29. The summed E-state index contributed by atoms with van der Waals surface area (Å²) in [5.74, 6) is 2.70. The molecule has 29 heavy (non-hydrogen) atoms. The van der Waals surface area contributed by atoms with Crippen LogP contribution in [0.3, 0.4) is 0 Å². The van der Waals surface area contributed by atoms with E-state index < -0.39 is 0 Å². The molecule has 8 nitrogen and oxygen atoms in total. The molecule has 5 rings (SSSR count). The van der Waals surface area contributed by atoms with Gasteiger partial charge in [-0.1, -0.05) is 22.8 Å². The second-order valence-electron chi connectivity index (χ2n) is 6.90. The van der Waals surface area contributed by atoms with E-state index in [0.29, 0.717) is 16.7 Å². The van der Waals surface area contributed by atoms with Crippen molar-refractivity contribution < 1.29 is 4.52 Å². The number of hydrogen-bond acceptors (Lipinski definition) is 7. The van der Waals surface area contributed by atoms with Crippen molar-refractivity contribution in [2.75, 3.05) is 11.4 Å². The van der Waals surface area contributed by atoms with Crippen molar-refractivity contribution in [1.29, 1.82) is 0 Å². The Morgan fingerprint density at radius 2 is 1.93 bits per heavy atom. The Labute approximate surface area is 172 Å². The first kappa shape index (κ1) is 17.8. The minimum absolute atomic E-state index is 0.111. The molecule has 146 valence electrons. The Balaban J connectivity index is 1.45. The van der Waals surface area contributed by atoms with Crippen LogP contribution in [0.2, 0.25) is 5.02 Å². The summed E-state index contributed by atoms with van der Waals surface area (Å²) in [6, 6.07) is 11.1. The third kappa shape index (κ3) is 3.25. The van der Waals surface area contributed by atoms with Gasteiger partial charge in [-0.05, 0) is 43.7 Å². The van der Waals surface area contributed by atoms with Gasteiger partial charge in [0, 0.05) is 41.6 Å². The Hall–Kier alpha value is -3.26. The van der Waals surface area contributed by atoms with E-state index in [-0.39, 0.29) is 6.04 Å². The maximum Gasteiger partial charge on any atom is 0.258 e. The molecule has 0 bridgehead atoms. The number of benzene rings is 1. The van der Waals surface area contributed by atoms with Gasteiger partial charge in [-0.3, -0.25) is 9.55 Å². The summed E-state index contributed by atoms with van der Waals surface area (Å²) in [6.45, 7) is 3.75. The molecule has 0 aliphatic carbocycles. The maximum atomic E-state index is 6.07. The predicted molar refractivity (Wildman–Crippen MR) is 108 cm³/mol. The Kier molecular flexibility index (Phi) is 4.48. The first-order chi connectivity index (χ1) is 14.2. The number of hydrogen-bond donors (Lipinski definition) is 0. The van der Waals surface area contributed by atoms with E-state index in [0.717, 1.165) is 42.4 Å². The summed E-state index contributed by atoms with van der Waals surface area (Å²) in [6.07, 6.45) is 4.50. The standard InChI is InChI=1S/C20H18ClN7O/c1-13(17-23-19(29-26-17)15-4-2-5-16(21)12-15)27-10-3-11-28-18(24-25-20(27)28)14-6-8-22-9-7-14/h2,4-9,12-13H,3,10-11H2,1H3. The van der Waals surface area contributed by atoms with E-state index >= 15 is 0 Å². The number of rotatable bonds is 4. The number of anilines is 1. The summed E-state index contributed by atoms with van der Waals surface area (Å²) in [5.41, 5.74) is 1.79. The van der Waals surface area contributed by atoms with Crippen LogP contribution in [0.15, 0.2) is 53.3 Å². The average Bonchev–Trinajstić information content (AvgIpc) is 3.41. The van der Waals surface area contributed by atoms with Crippen molar-refractivity contribution >= 4 is 17.5 Å². The Morgan fingerprint density at radius 1 is 1.07 bits per heavy atom. The lowest BCUT2D eigenvalue weighted by atomic mass is 10.2. The predicted octanol–water partition coefficient (Wildman–Crippen LogP) is 4.01. The number of fused-ring (bicyclic) bond motifs is 1. The van der Waals surface area contributed by atoms with Crippen LogP contribution in [0.5, 0.6) is 0 Å². The second-order valence-corrected chi connectivity index (χ2v) is 7.34. The third-order valence-electron chi connectivity index (χ3n) is 5.06. The average molecular weight is 408 g/mol. The van der Waals surface area contributed by atoms with Crippen LogP contribution in [0.25, 0.3) is 22.8 Å². The highest BCUT2D eigenvalue weighted by atomic mass is 35.5. The molecule has 1 aromatic carbocycles. The van der Waals surface area contributed by atoms with Crippen molar-refractivity contribution in [2.45, 2.75) is 25.9 Å². The van der Waals surface area contributed by atoms with E-state index in [9.17, 15) is 0 Å². The molecular weight excluding hydrogens is 390 g/mol. The molecule has 3 aromatic heterocycles. The number of nitrogens with zero attached hydrogens (tertiary/aromatic N) is 7. The van der Waals surface area contributed by atoms with E-state index in [1.165, 1.54) is 0 Å². The van der Waals surface area contributed by atoms with Gasteiger partial charge in [-0.15, -0.1) is 10.2 Å². The van der Waals surface area contributed by atoms with Crippen molar-refractivity contribution in [3.05, 3.63) is 59.6 Å². The van der Waals surface area contributed by atoms with E-state index in [1.807, 2.05) is 43.3 Å². The van der Waals surface area contributed by atoms with Crippen LogP contribution in [0, 0.1) is 0 Å². The van der Waals surface area contributed by atoms with Gasteiger partial charge in [-0.2, -0.15) is 4.98 Å². The first-order valence-corrected chi connectivity index (χ1v) is 9.78. The summed E-state index contributed by atoms with van der Waals surface area (Å²) in [7, 11) is 0. The fourth-order valence-electron chi connectivity index (χ4n) is 3.58. The Morgan fingerprint density at radius 3 is 2.76 bits per heavy atom. The summed E-state index contributed by atoms with van der Waals surface area (Å²) < 4.78 is 7.62. The molecular formula is C20H18ClN7O. The van der Waals surface area contributed by atoms with E-state index in [2.05, 4.69) is 34.8 Å². The van der Waals surface area contributed by atoms with Crippen molar-refractivity contribution in [3.63, 3.8) is 0 Å². The molecule has 0 fully saturated rings. The topological polar surface area (TPSA) is 85.8 Å². The summed E-state index contributed by atoms with van der Waals surface area (Å²) in [4.78, 5) is 10.8. The van der Waals surface area contributed by atoms with Gasteiger partial charge in [0.05, 0.1) is 6.04 Å². The quantitative estimate of drug-likeness (QED) is 0.505. The molecule has 0 saturated heterocycles. The molecule has 0 spiro atoms. The number of aromatic nitrogens is 6. The van der Waals surface area contributed by atoms with Crippen LogP contribution >= 0.6 is 11.6 Å². The molecule has 0 amide bonds. The summed E-state index contributed by atoms with van der Waals surface area (Å²) in [5, 5.41) is 13.7. The lowest BCUT2D eigenvalue weighted by Crippen LogP contribution is -2.35. The zero-order valence-corrected chi connectivity index (χ0v) is 16.5. The first-order valence-electron chi connectivity index (χ1n) is 9.40. The minimum Gasteiger partial charge on any atom is -0.334 e. The van der Waals surface area contributed by atoms with Crippen LogP contribution in [0.1, 0.15) is 25.2 Å². The van der Waals surface area contributed by atoms with Crippen LogP contribution < -0.4 is 4.90 Å². The van der Waals surface area contributed by atoms with Gasteiger partial charge in [0.25, 0.3) is 5.89 Å². The zero-order valence-electron chi connectivity index (χ0n) is 15.7. The smallest absolute Gasteiger partial charge is 0.258 e. The van der Waals surface area contributed by atoms with Crippen molar-refractivity contribution in [3.8, 4) is 22.8 Å². The normalized spacial score (nSPS) is 14.6. The van der Waals surface area contributed by atoms with Crippen LogP contribution in [-0.4, -0.2) is 36.4 Å². The third-order valence-corrected chi connectivity index (χ3v) is 5.30. The lowest BCUT2D eigenvalue weighted by Gasteiger charge is -2.32. The van der Waals surface area contributed by atoms with E-state index in [1.54, 1.807) is 12.4 Å². The molecule has 9 heteroatoms. The highest BCUT2D eigenvalue weighted by Crippen LogP contribution is 2.32. The van der Waals surface area contributed by atoms with Gasteiger partial charge in [-0.25, -0.2) is 0 Å². The molecule has 4 heterocycles. The minimum atomic E-state index is -0.111. The van der Waals surface area contributed by atoms with Gasteiger partial charge < -0.3 is 9.42 Å². The Bertz CT molecular complexity index is 1140. The van der Waals surface area contributed by atoms with Gasteiger partial charge in [0.2, 0.25) is 5.95 Å². The van der Waals surface area contributed by atoms with Gasteiger partial charge in [0.15, 0.2) is 11.6 Å². The largest absolute Gasteiger partial charge is 0.334 e. The molecule has 1 aliphatic heterocycles. The van der Waals surface area contributed by atoms with Crippen LogP contribution in [0.4, 0.5) is 5.95 Å². The number of halogens is 1. The van der Waals surface area contributed by atoms with Crippen LogP contribution in [-0.2, 0) is 6.54 Å². The molecule has 0 radical (unpaired) electrons. The monoisotopic (exact) mass is 407 g/mol. The molecule has 0 saturated carbocycles. The molecule has 4 aromatic rings. The molecule has 1 unspecified atom stereocenters. The number of pyridine rings is 1. The zero-order chi connectivity index (χ0) is 19.8. The molecule has 0 N–H and O–H groups in total. The second kappa shape index (κ2) is 7.29. The van der Waals surface area contributed by atoms with Gasteiger partial charge >= 0.3 is 0 Å². The summed E-state index contributed by atoms with van der Waals surface area (Å²) >= 11 is 6.07. The van der Waals surface area contributed by atoms with Crippen molar-refractivity contribution in [2.24, 2.45) is 0 Å². The highest BCUT2D eigenvalue weighted by molar-refractivity contribution is 6.30. The fourth-order valence-corrected chi connectivity index (χ4v) is 3.77. The van der Waals surface area contributed by atoms with Crippen molar-refractivity contribution in [1.82, 2.24) is 29.9 Å².